The number of quaternary nitrogens is 1. The Balaban J connectivity index is 1.20. The van der Waals surface area contributed by atoms with E-state index in [9.17, 15) is 23.2 Å². The minimum Gasteiger partial charge on any atom is -0.488 e. The summed E-state index contributed by atoms with van der Waals surface area (Å²) in [7, 11) is 1.53. The monoisotopic (exact) mass is 623 g/mol. The molecule has 1 aromatic heterocycles. The molecule has 2 aliphatic heterocycles. The zero-order valence-electron chi connectivity index (χ0n) is 25.3. The van der Waals surface area contributed by atoms with Gasteiger partial charge in [0.25, 0.3) is 11.8 Å². The highest BCUT2D eigenvalue weighted by Crippen LogP contribution is 2.30. The van der Waals surface area contributed by atoms with Crippen LogP contribution in [0.1, 0.15) is 33.0 Å². The first-order valence-electron chi connectivity index (χ1n) is 14.8. The first-order valence-corrected chi connectivity index (χ1v) is 14.8. The van der Waals surface area contributed by atoms with Crippen molar-refractivity contribution >= 4 is 30.3 Å². The highest BCUT2D eigenvalue weighted by atomic mass is 19.2. The van der Waals surface area contributed by atoms with E-state index in [1.54, 1.807) is 34.9 Å². The van der Waals surface area contributed by atoms with Gasteiger partial charge in [-0.25, -0.2) is 14.2 Å². The number of imidazole rings is 1. The molecule has 2 fully saturated rings. The number of hydrogen-bond donors (Lipinski definition) is 3. The predicted molar refractivity (Wildman–Crippen MR) is 164 cm³/mol. The standard InChI is InChI=1S/C31H36F2N8O4/c1-19-16-20(4-5-22(19)30(43)40-11-13-41(14-12-40)31(44)38-21-8-9-35-17-21)37-29(42)28-36-18-24(39(28)3)23-6-7-25(27(33)26(23)32)45-15-10-34-2/h4-7,16,18,21,35H,2,8-15,17H2,1,3H3,(H,37,42)(H,38,44)/p+1/t21-/m1/s1. The van der Waals surface area contributed by atoms with Gasteiger partial charge in [-0.3, -0.25) is 14.6 Å². The van der Waals surface area contributed by atoms with Crippen LogP contribution in [-0.4, -0.2) is 102 Å². The summed E-state index contributed by atoms with van der Waals surface area (Å²) < 4.78 is 36.1. The quantitative estimate of drug-likeness (QED) is 0.247. The van der Waals surface area contributed by atoms with Crippen molar-refractivity contribution in [3.63, 3.8) is 0 Å². The molecule has 4 amide bonds. The van der Waals surface area contributed by atoms with Crippen LogP contribution < -0.4 is 20.7 Å². The molecule has 2 aromatic carbocycles. The summed E-state index contributed by atoms with van der Waals surface area (Å²) in [5.74, 6) is -3.26. The van der Waals surface area contributed by atoms with E-state index >= 15 is 0 Å². The maximum atomic E-state index is 14.9. The van der Waals surface area contributed by atoms with E-state index in [-0.39, 0.29) is 54.0 Å². The van der Waals surface area contributed by atoms with E-state index < -0.39 is 17.5 Å². The first-order chi connectivity index (χ1) is 21.7. The number of ether oxygens (including phenoxy) is 1. The fourth-order valence-corrected chi connectivity index (χ4v) is 5.54. The minimum atomic E-state index is -1.15. The van der Waals surface area contributed by atoms with Gasteiger partial charge in [0.1, 0.15) is 6.61 Å². The SMILES string of the molecule is C=NCCOc1ccc(-c2cnc(C(=O)Nc3ccc(C(=O)N4CCN(C(=O)N[C@@H]5CC[NH2+]C5)CC4)c(C)c3)n2C)c(F)c1F. The summed E-state index contributed by atoms with van der Waals surface area (Å²) in [5, 5.41) is 8.01. The number of carbonyl (C=O) groups excluding carboxylic acids is 3. The highest BCUT2D eigenvalue weighted by Gasteiger charge is 2.28. The van der Waals surface area contributed by atoms with E-state index in [1.165, 1.54) is 29.9 Å². The number of aromatic nitrogens is 2. The molecule has 3 aromatic rings. The number of amides is 4. The van der Waals surface area contributed by atoms with Crippen LogP contribution in [0.25, 0.3) is 11.3 Å². The van der Waals surface area contributed by atoms with Gasteiger partial charge < -0.3 is 35.1 Å². The summed E-state index contributed by atoms with van der Waals surface area (Å²) >= 11 is 0. The molecule has 238 valence electrons. The first kappa shape index (κ1) is 31.6. The van der Waals surface area contributed by atoms with Gasteiger partial charge in [-0.15, -0.1) is 0 Å². The van der Waals surface area contributed by atoms with Crippen molar-refractivity contribution in [2.75, 3.05) is 57.7 Å². The Kier molecular flexibility index (Phi) is 9.71. The fourth-order valence-electron chi connectivity index (χ4n) is 5.54. The minimum absolute atomic E-state index is 0.0204. The number of hydrogen-bond acceptors (Lipinski definition) is 6. The molecular formula is C31H37F2N8O4+. The molecule has 14 heteroatoms. The molecule has 0 spiro atoms. The number of nitrogens with zero attached hydrogens (tertiary/aromatic N) is 5. The fraction of sp³-hybridized carbons (Fsp3) is 0.387. The molecular weight excluding hydrogens is 586 g/mol. The van der Waals surface area contributed by atoms with Crippen molar-refractivity contribution in [2.24, 2.45) is 12.0 Å². The number of nitrogens with two attached hydrogens (primary N) is 1. The number of halogens is 2. The lowest BCUT2D eigenvalue weighted by Gasteiger charge is -2.35. The average Bonchev–Trinajstić information content (AvgIpc) is 3.69. The molecule has 3 heterocycles. The van der Waals surface area contributed by atoms with E-state index in [0.29, 0.717) is 43.0 Å². The topological polar surface area (TPSA) is 138 Å². The zero-order chi connectivity index (χ0) is 32.1. The number of carbonyl (C=O) groups is 3. The highest BCUT2D eigenvalue weighted by molar-refractivity contribution is 6.03. The molecule has 0 saturated carbocycles. The maximum Gasteiger partial charge on any atom is 0.317 e. The van der Waals surface area contributed by atoms with Crippen LogP contribution in [-0.2, 0) is 7.05 Å². The number of piperazine rings is 1. The number of benzene rings is 2. The third kappa shape index (κ3) is 6.95. The van der Waals surface area contributed by atoms with E-state index in [0.717, 1.165) is 19.5 Å². The summed E-state index contributed by atoms with van der Waals surface area (Å²) in [5.41, 5.74) is 1.72. The Labute approximate surface area is 259 Å². The van der Waals surface area contributed by atoms with Gasteiger partial charge in [0.05, 0.1) is 37.6 Å². The Morgan fingerprint density at radius 2 is 1.87 bits per heavy atom. The van der Waals surface area contributed by atoms with E-state index in [2.05, 4.69) is 32.6 Å². The molecule has 1 atom stereocenters. The smallest absolute Gasteiger partial charge is 0.317 e. The largest absolute Gasteiger partial charge is 0.488 e. The van der Waals surface area contributed by atoms with Crippen LogP contribution in [0.3, 0.4) is 0 Å². The number of anilines is 1. The van der Waals surface area contributed by atoms with Crippen LogP contribution in [0.4, 0.5) is 19.3 Å². The molecule has 0 aliphatic carbocycles. The Morgan fingerprint density at radius 3 is 2.56 bits per heavy atom. The third-order valence-corrected chi connectivity index (χ3v) is 8.09. The van der Waals surface area contributed by atoms with Crippen LogP contribution in [0.15, 0.2) is 41.5 Å². The van der Waals surface area contributed by atoms with Gasteiger partial charge in [-0.1, -0.05) is 0 Å². The maximum absolute atomic E-state index is 14.9. The van der Waals surface area contributed by atoms with E-state index in [1.807, 2.05) is 0 Å². The van der Waals surface area contributed by atoms with Gasteiger partial charge in [-0.2, -0.15) is 4.39 Å². The molecule has 2 aliphatic rings. The second-order valence-corrected chi connectivity index (χ2v) is 11.1. The number of aryl methyl sites for hydroxylation is 1. The Hall–Kier alpha value is -4.85. The predicted octanol–water partition coefficient (Wildman–Crippen LogP) is 1.81. The lowest BCUT2D eigenvalue weighted by molar-refractivity contribution is -0.636. The average molecular weight is 624 g/mol. The molecule has 5 rings (SSSR count). The van der Waals surface area contributed by atoms with Crippen LogP contribution in [0.2, 0.25) is 0 Å². The van der Waals surface area contributed by atoms with Crippen molar-refractivity contribution in [1.82, 2.24) is 24.7 Å². The van der Waals surface area contributed by atoms with Crippen molar-refractivity contribution in [3.8, 4) is 17.0 Å². The second kappa shape index (κ2) is 13.8. The zero-order valence-corrected chi connectivity index (χ0v) is 25.3. The van der Waals surface area contributed by atoms with Gasteiger partial charge in [0.15, 0.2) is 17.4 Å². The summed E-state index contributed by atoms with van der Waals surface area (Å²) in [4.78, 5) is 50.2. The number of rotatable bonds is 9. The summed E-state index contributed by atoms with van der Waals surface area (Å²) in [6.45, 7) is 9.06. The third-order valence-electron chi connectivity index (χ3n) is 8.09. The van der Waals surface area contributed by atoms with Gasteiger partial charge in [0.2, 0.25) is 5.82 Å². The molecule has 0 radical (unpaired) electrons. The number of nitrogens with one attached hydrogen (secondary N) is 2. The summed E-state index contributed by atoms with van der Waals surface area (Å²) in [6, 6.07) is 7.73. The molecule has 12 nitrogen and oxygen atoms in total. The van der Waals surface area contributed by atoms with Gasteiger partial charge in [0, 0.05) is 56.5 Å². The van der Waals surface area contributed by atoms with E-state index in [4.69, 9.17) is 4.74 Å². The van der Waals surface area contributed by atoms with Crippen LogP contribution in [0, 0.1) is 18.6 Å². The number of urea groups is 1. The molecule has 2 saturated heterocycles. The van der Waals surface area contributed by atoms with Crippen LogP contribution in [0.5, 0.6) is 5.75 Å². The van der Waals surface area contributed by atoms with Crippen molar-refractivity contribution in [1.29, 1.82) is 0 Å². The Morgan fingerprint density at radius 1 is 1.11 bits per heavy atom. The molecule has 0 unspecified atom stereocenters. The molecule has 45 heavy (non-hydrogen) atoms. The molecule has 0 bridgehead atoms. The second-order valence-electron chi connectivity index (χ2n) is 11.1. The Bertz CT molecular complexity index is 1600. The van der Waals surface area contributed by atoms with Crippen LogP contribution >= 0.6 is 0 Å². The summed E-state index contributed by atoms with van der Waals surface area (Å²) in [6.07, 6.45) is 2.25. The van der Waals surface area contributed by atoms with Crippen molar-refractivity contribution < 1.29 is 33.2 Å². The molecule has 4 N–H and O–H groups in total. The normalized spacial score (nSPS) is 16.4. The number of aliphatic imine (C=N–C) groups is 1. The van der Waals surface area contributed by atoms with Gasteiger partial charge in [-0.05, 0) is 49.5 Å². The van der Waals surface area contributed by atoms with Crippen molar-refractivity contribution in [2.45, 2.75) is 19.4 Å². The lowest BCUT2D eigenvalue weighted by atomic mass is 10.1. The van der Waals surface area contributed by atoms with Crippen molar-refractivity contribution in [3.05, 3.63) is 65.1 Å². The van der Waals surface area contributed by atoms with Gasteiger partial charge >= 0.3 is 6.03 Å². The lowest BCUT2D eigenvalue weighted by Crippen LogP contribution is -2.82.